The van der Waals surface area contributed by atoms with Crippen molar-refractivity contribution in [2.24, 2.45) is 5.92 Å². The van der Waals surface area contributed by atoms with Crippen LogP contribution in [0.4, 0.5) is 0 Å². The van der Waals surface area contributed by atoms with Crippen LogP contribution in [0, 0.1) is 5.92 Å². The average Bonchev–Trinajstić information content (AvgIpc) is 1.63. The van der Waals surface area contributed by atoms with Gasteiger partial charge >= 0.3 is 0 Å². The van der Waals surface area contributed by atoms with Gasteiger partial charge in [-0.1, -0.05) is 19.0 Å². The first-order valence-corrected chi connectivity index (χ1v) is 4.07. The number of rotatable bonds is 4. The lowest BCUT2D eigenvalue weighted by Gasteiger charge is -2.03. The van der Waals surface area contributed by atoms with Gasteiger partial charge in [-0.15, -0.1) is 6.58 Å². The summed E-state index contributed by atoms with van der Waals surface area (Å²) in [7, 11) is 0.487. The van der Waals surface area contributed by atoms with Crippen molar-refractivity contribution < 1.29 is 4.43 Å². The summed E-state index contributed by atoms with van der Waals surface area (Å²) in [4.78, 5) is 0. The number of hydrogen-bond donors (Lipinski definition) is 0. The van der Waals surface area contributed by atoms with E-state index in [-0.39, 0.29) is 0 Å². The van der Waals surface area contributed by atoms with Gasteiger partial charge in [0.1, 0.15) is 0 Å². The van der Waals surface area contributed by atoms with E-state index in [1.54, 1.807) is 0 Å². The molecule has 0 rings (SSSR count). The third kappa shape index (κ3) is 7.92. The van der Waals surface area contributed by atoms with E-state index < -0.39 is 0 Å². The highest BCUT2D eigenvalue weighted by Crippen LogP contribution is 1.92. The zero-order valence-electron chi connectivity index (χ0n) is 6.40. The fourth-order valence-corrected chi connectivity index (χ4v) is 0.995. The molecule has 0 atom stereocenters. The molecule has 0 unspecified atom stereocenters. The monoisotopic (exact) mass is 142 g/mol. The molecule has 0 aliphatic carbocycles. The normalized spacial score (nSPS) is 10.2. The van der Waals surface area contributed by atoms with E-state index in [2.05, 4.69) is 20.4 Å². The van der Waals surface area contributed by atoms with Gasteiger partial charge < -0.3 is 4.43 Å². The molecule has 0 N–H and O–H groups in total. The molecule has 0 aliphatic rings. The standard InChI is InChI=1S/C7H14OSi/c1-6(2)5-8-9-7(3)4/h6H,3,5H2,1-2,4H3. The Hall–Kier alpha value is -0.0831. The van der Waals surface area contributed by atoms with Crippen molar-refractivity contribution in [3.8, 4) is 0 Å². The van der Waals surface area contributed by atoms with Gasteiger partial charge in [0, 0.05) is 6.61 Å². The minimum atomic E-state index is 0.487. The van der Waals surface area contributed by atoms with E-state index in [4.69, 9.17) is 4.43 Å². The van der Waals surface area contributed by atoms with Crippen molar-refractivity contribution in [2.45, 2.75) is 20.8 Å². The molecule has 0 heterocycles. The molecule has 0 aromatic carbocycles. The third-order valence-electron chi connectivity index (χ3n) is 0.663. The van der Waals surface area contributed by atoms with Gasteiger partial charge in [0.25, 0.3) is 9.76 Å². The maximum atomic E-state index is 5.28. The average molecular weight is 142 g/mol. The van der Waals surface area contributed by atoms with Gasteiger partial charge in [-0.2, -0.15) is 0 Å². The van der Waals surface area contributed by atoms with E-state index in [0.29, 0.717) is 15.7 Å². The maximum Gasteiger partial charge on any atom is 0.263 e. The molecule has 0 saturated heterocycles. The second kappa shape index (κ2) is 4.76. The molecule has 52 valence electrons. The summed E-state index contributed by atoms with van der Waals surface area (Å²) in [6.07, 6.45) is 0. The van der Waals surface area contributed by atoms with E-state index >= 15 is 0 Å². The van der Waals surface area contributed by atoms with Crippen molar-refractivity contribution in [2.75, 3.05) is 6.61 Å². The molecule has 0 amide bonds. The Morgan fingerprint density at radius 1 is 1.67 bits per heavy atom. The van der Waals surface area contributed by atoms with E-state index in [1.165, 1.54) is 0 Å². The molecular formula is C7H14OSi. The first-order valence-electron chi connectivity index (χ1n) is 3.16. The van der Waals surface area contributed by atoms with Crippen LogP contribution in [0.5, 0.6) is 0 Å². The SMILES string of the molecule is C=C(C)[Si]OCC(C)C. The van der Waals surface area contributed by atoms with E-state index in [0.717, 1.165) is 11.8 Å². The summed E-state index contributed by atoms with van der Waals surface area (Å²) in [5, 5.41) is 1.12. The Morgan fingerprint density at radius 3 is 2.56 bits per heavy atom. The lowest BCUT2D eigenvalue weighted by molar-refractivity contribution is 0.287. The molecule has 0 aromatic heterocycles. The molecule has 0 aliphatic heterocycles. The van der Waals surface area contributed by atoms with Crippen LogP contribution < -0.4 is 0 Å². The minimum Gasteiger partial charge on any atom is -0.412 e. The maximum absolute atomic E-state index is 5.28. The molecule has 0 aromatic rings. The largest absolute Gasteiger partial charge is 0.412 e. The van der Waals surface area contributed by atoms with Gasteiger partial charge in [-0.05, 0) is 12.8 Å². The highest BCUT2D eigenvalue weighted by atomic mass is 28.2. The van der Waals surface area contributed by atoms with Crippen LogP contribution in [0.3, 0.4) is 0 Å². The van der Waals surface area contributed by atoms with Crippen LogP contribution in [-0.2, 0) is 4.43 Å². The van der Waals surface area contributed by atoms with Gasteiger partial charge in [-0.3, -0.25) is 0 Å². The lowest BCUT2D eigenvalue weighted by atomic mass is 10.2. The summed E-state index contributed by atoms with van der Waals surface area (Å²) in [5.41, 5.74) is 0. The Bertz CT molecular complexity index is 88.9. The second-order valence-electron chi connectivity index (χ2n) is 2.59. The fourth-order valence-electron chi connectivity index (χ4n) is 0.332. The first-order chi connectivity index (χ1) is 4.13. The summed E-state index contributed by atoms with van der Waals surface area (Å²) in [5.74, 6) is 0.636. The van der Waals surface area contributed by atoms with Gasteiger partial charge in [-0.25, -0.2) is 0 Å². The predicted molar refractivity (Wildman–Crippen MR) is 41.4 cm³/mol. The molecular weight excluding hydrogens is 128 g/mol. The van der Waals surface area contributed by atoms with E-state index in [9.17, 15) is 0 Å². The highest BCUT2D eigenvalue weighted by molar-refractivity contribution is 6.37. The Morgan fingerprint density at radius 2 is 2.22 bits per heavy atom. The summed E-state index contributed by atoms with van der Waals surface area (Å²) in [6, 6.07) is 0. The quantitative estimate of drug-likeness (QED) is 0.544. The van der Waals surface area contributed by atoms with Gasteiger partial charge in [0.2, 0.25) is 0 Å². The van der Waals surface area contributed by atoms with Gasteiger partial charge in [0.05, 0.1) is 0 Å². The van der Waals surface area contributed by atoms with Crippen LogP contribution >= 0.6 is 0 Å². The number of allylic oxidation sites excluding steroid dienone is 1. The number of hydrogen-bond acceptors (Lipinski definition) is 1. The molecule has 0 saturated carbocycles. The van der Waals surface area contributed by atoms with Crippen LogP contribution in [0.2, 0.25) is 0 Å². The molecule has 1 nitrogen and oxygen atoms in total. The highest BCUT2D eigenvalue weighted by Gasteiger charge is 1.94. The zero-order chi connectivity index (χ0) is 7.28. The Labute approximate surface area is 60.1 Å². The van der Waals surface area contributed by atoms with E-state index in [1.807, 2.05) is 6.92 Å². The topological polar surface area (TPSA) is 9.23 Å². The lowest BCUT2D eigenvalue weighted by Crippen LogP contribution is -2.06. The molecule has 0 spiro atoms. The molecule has 0 fully saturated rings. The first kappa shape index (κ1) is 8.92. The zero-order valence-corrected chi connectivity index (χ0v) is 7.40. The molecule has 2 heteroatoms. The smallest absolute Gasteiger partial charge is 0.263 e. The van der Waals surface area contributed by atoms with Crippen LogP contribution in [0.15, 0.2) is 11.8 Å². The molecule has 0 bridgehead atoms. The summed E-state index contributed by atoms with van der Waals surface area (Å²) >= 11 is 0. The van der Waals surface area contributed by atoms with Gasteiger partial charge in [0.15, 0.2) is 0 Å². The summed E-state index contributed by atoms with van der Waals surface area (Å²) < 4.78 is 5.28. The molecule has 2 radical (unpaired) electrons. The predicted octanol–water partition coefficient (Wildman–Crippen LogP) is 1.81. The summed E-state index contributed by atoms with van der Waals surface area (Å²) in [6.45, 7) is 10.9. The Balaban J connectivity index is 3.01. The van der Waals surface area contributed by atoms with Crippen molar-refractivity contribution in [1.29, 1.82) is 0 Å². The Kier molecular flexibility index (Phi) is 4.72. The minimum absolute atomic E-state index is 0.487. The van der Waals surface area contributed by atoms with Crippen LogP contribution in [0.1, 0.15) is 20.8 Å². The van der Waals surface area contributed by atoms with Crippen molar-refractivity contribution >= 4 is 9.76 Å². The second-order valence-corrected chi connectivity index (χ2v) is 3.93. The van der Waals surface area contributed by atoms with Crippen LogP contribution in [0.25, 0.3) is 0 Å². The third-order valence-corrected chi connectivity index (χ3v) is 1.32. The van der Waals surface area contributed by atoms with Crippen molar-refractivity contribution in [3.05, 3.63) is 11.8 Å². The van der Waals surface area contributed by atoms with Crippen molar-refractivity contribution in [1.82, 2.24) is 0 Å². The fraction of sp³-hybridized carbons (Fsp3) is 0.714. The van der Waals surface area contributed by atoms with Crippen LogP contribution in [-0.4, -0.2) is 16.4 Å². The van der Waals surface area contributed by atoms with Crippen molar-refractivity contribution in [3.63, 3.8) is 0 Å². The molecule has 9 heavy (non-hydrogen) atoms.